The molecule has 0 spiro atoms. The lowest BCUT2D eigenvalue weighted by Gasteiger charge is -2.01. The van der Waals surface area contributed by atoms with Gasteiger partial charge in [0.05, 0.1) is 0 Å². The Bertz CT molecular complexity index is 523. The molecule has 0 aliphatic rings. The van der Waals surface area contributed by atoms with Crippen LogP contribution < -0.4 is 5.73 Å². The van der Waals surface area contributed by atoms with E-state index >= 15 is 0 Å². The van der Waals surface area contributed by atoms with Crippen LogP contribution in [0.1, 0.15) is 10.6 Å². The van der Waals surface area contributed by atoms with Crippen molar-refractivity contribution in [2.75, 3.05) is 5.73 Å². The lowest BCUT2D eigenvalue weighted by Crippen LogP contribution is -2.03. The minimum atomic E-state index is -1.14. The zero-order valence-corrected chi connectivity index (χ0v) is 8.29. The monoisotopic (exact) mass is 215 g/mol. The summed E-state index contributed by atoms with van der Waals surface area (Å²) in [6.45, 7) is 0. The molecule has 0 aliphatic carbocycles. The molecule has 1 heterocycles. The molecule has 16 heavy (non-hydrogen) atoms. The van der Waals surface area contributed by atoms with E-state index in [1.165, 1.54) is 12.4 Å². The number of nitrogens with zero attached hydrogens (tertiary/aromatic N) is 2. The fraction of sp³-hybridized carbons (Fsp3) is 0. The molecule has 0 aliphatic heterocycles. The molecule has 0 radical (unpaired) electrons. The lowest BCUT2D eigenvalue weighted by molar-refractivity contribution is 0.0683. The number of carbonyl (C=O) groups is 1. The first-order chi connectivity index (χ1) is 7.66. The molecule has 0 saturated heterocycles. The molecule has 0 amide bonds. The first-order valence-electron chi connectivity index (χ1n) is 4.58. The van der Waals surface area contributed by atoms with Gasteiger partial charge in [0.2, 0.25) is 5.82 Å². The number of anilines is 1. The molecule has 1 aromatic carbocycles. The molecule has 0 atom stereocenters. The number of nitrogen functional groups attached to an aromatic ring is 1. The SMILES string of the molecule is Nc1cccc(-c2cnc(C(=O)O)nc2)c1. The second kappa shape index (κ2) is 3.98. The van der Waals surface area contributed by atoms with E-state index in [0.717, 1.165) is 11.1 Å². The maximum absolute atomic E-state index is 10.6. The summed E-state index contributed by atoms with van der Waals surface area (Å²) in [5.74, 6) is -1.35. The van der Waals surface area contributed by atoms with Crippen LogP contribution in [0.25, 0.3) is 11.1 Å². The van der Waals surface area contributed by atoms with Crippen LogP contribution in [-0.4, -0.2) is 21.0 Å². The van der Waals surface area contributed by atoms with Crippen molar-refractivity contribution < 1.29 is 9.90 Å². The Morgan fingerprint density at radius 3 is 2.44 bits per heavy atom. The summed E-state index contributed by atoms with van der Waals surface area (Å²) in [6.07, 6.45) is 2.93. The van der Waals surface area contributed by atoms with Gasteiger partial charge in [-0.15, -0.1) is 0 Å². The topological polar surface area (TPSA) is 89.1 Å². The zero-order valence-electron chi connectivity index (χ0n) is 8.29. The minimum Gasteiger partial charge on any atom is -0.475 e. The lowest BCUT2D eigenvalue weighted by atomic mass is 10.1. The van der Waals surface area contributed by atoms with E-state index in [1.54, 1.807) is 12.1 Å². The van der Waals surface area contributed by atoms with Crippen LogP contribution in [0.5, 0.6) is 0 Å². The van der Waals surface area contributed by atoms with Gasteiger partial charge in [-0.3, -0.25) is 0 Å². The second-order valence-corrected chi connectivity index (χ2v) is 3.23. The maximum Gasteiger partial charge on any atom is 0.373 e. The smallest absolute Gasteiger partial charge is 0.373 e. The number of carboxylic acid groups (broad SMARTS) is 1. The first kappa shape index (κ1) is 10.1. The van der Waals surface area contributed by atoms with Gasteiger partial charge in [-0.2, -0.15) is 0 Å². The molecule has 0 saturated carbocycles. The summed E-state index contributed by atoms with van der Waals surface area (Å²) in [4.78, 5) is 18.0. The van der Waals surface area contributed by atoms with Gasteiger partial charge < -0.3 is 10.8 Å². The number of hydrogen-bond donors (Lipinski definition) is 2. The molecule has 2 rings (SSSR count). The summed E-state index contributed by atoms with van der Waals surface area (Å²) < 4.78 is 0. The molecule has 0 bridgehead atoms. The average Bonchev–Trinajstić information content (AvgIpc) is 2.29. The molecule has 0 fully saturated rings. The number of aromatic carboxylic acids is 1. The molecular weight excluding hydrogens is 206 g/mol. The molecule has 5 nitrogen and oxygen atoms in total. The molecule has 80 valence electrons. The van der Waals surface area contributed by atoms with Crippen molar-refractivity contribution in [3.05, 3.63) is 42.5 Å². The van der Waals surface area contributed by atoms with E-state index < -0.39 is 5.97 Å². The Hall–Kier alpha value is -2.43. The molecule has 3 N–H and O–H groups in total. The summed E-state index contributed by atoms with van der Waals surface area (Å²) in [5.41, 5.74) is 7.87. The van der Waals surface area contributed by atoms with Gasteiger partial charge in [0.15, 0.2) is 0 Å². The Balaban J connectivity index is 2.38. The van der Waals surface area contributed by atoms with Gasteiger partial charge in [-0.1, -0.05) is 12.1 Å². The van der Waals surface area contributed by atoms with Crippen LogP contribution >= 0.6 is 0 Å². The third kappa shape index (κ3) is 1.98. The third-order valence-corrected chi connectivity index (χ3v) is 2.06. The van der Waals surface area contributed by atoms with Gasteiger partial charge in [0, 0.05) is 23.6 Å². The van der Waals surface area contributed by atoms with Gasteiger partial charge in [-0.25, -0.2) is 14.8 Å². The predicted molar refractivity (Wildman–Crippen MR) is 58.8 cm³/mol. The number of rotatable bonds is 2. The van der Waals surface area contributed by atoms with E-state index in [9.17, 15) is 4.79 Å². The molecule has 0 unspecified atom stereocenters. The Labute approximate surface area is 91.6 Å². The summed E-state index contributed by atoms with van der Waals surface area (Å²) >= 11 is 0. The van der Waals surface area contributed by atoms with Crippen molar-refractivity contribution in [1.29, 1.82) is 0 Å². The average molecular weight is 215 g/mol. The Morgan fingerprint density at radius 2 is 1.88 bits per heavy atom. The van der Waals surface area contributed by atoms with Crippen molar-refractivity contribution in [1.82, 2.24) is 9.97 Å². The van der Waals surface area contributed by atoms with Gasteiger partial charge >= 0.3 is 5.97 Å². The molecule has 1 aromatic heterocycles. The van der Waals surface area contributed by atoms with E-state index in [2.05, 4.69) is 9.97 Å². The summed E-state index contributed by atoms with van der Waals surface area (Å²) in [5, 5.41) is 8.65. The van der Waals surface area contributed by atoms with Crippen LogP contribution in [0.3, 0.4) is 0 Å². The van der Waals surface area contributed by atoms with Crippen LogP contribution in [-0.2, 0) is 0 Å². The first-order valence-corrected chi connectivity index (χ1v) is 4.58. The van der Waals surface area contributed by atoms with Gasteiger partial charge in [0.1, 0.15) is 0 Å². The highest BCUT2D eigenvalue weighted by Gasteiger charge is 2.06. The highest BCUT2D eigenvalue weighted by molar-refractivity contribution is 5.83. The quantitative estimate of drug-likeness (QED) is 0.739. The fourth-order valence-electron chi connectivity index (χ4n) is 1.31. The van der Waals surface area contributed by atoms with E-state index in [0.29, 0.717) is 5.69 Å². The summed E-state index contributed by atoms with van der Waals surface area (Å²) in [7, 11) is 0. The number of aromatic nitrogens is 2. The summed E-state index contributed by atoms with van der Waals surface area (Å²) in [6, 6.07) is 7.22. The van der Waals surface area contributed by atoms with Crippen molar-refractivity contribution in [2.45, 2.75) is 0 Å². The van der Waals surface area contributed by atoms with Crippen LogP contribution in [0.4, 0.5) is 5.69 Å². The van der Waals surface area contributed by atoms with E-state index in [4.69, 9.17) is 10.8 Å². The fourth-order valence-corrected chi connectivity index (χ4v) is 1.31. The normalized spacial score (nSPS) is 10.0. The van der Waals surface area contributed by atoms with Crippen molar-refractivity contribution >= 4 is 11.7 Å². The third-order valence-electron chi connectivity index (χ3n) is 2.06. The molecule has 2 aromatic rings. The predicted octanol–water partition coefficient (Wildman–Crippen LogP) is 1.42. The zero-order chi connectivity index (χ0) is 11.5. The number of benzene rings is 1. The van der Waals surface area contributed by atoms with Crippen LogP contribution in [0, 0.1) is 0 Å². The highest BCUT2D eigenvalue weighted by atomic mass is 16.4. The number of nitrogens with two attached hydrogens (primary N) is 1. The van der Waals surface area contributed by atoms with E-state index in [1.807, 2.05) is 12.1 Å². The van der Waals surface area contributed by atoms with Crippen LogP contribution in [0.15, 0.2) is 36.7 Å². The number of hydrogen-bond acceptors (Lipinski definition) is 4. The van der Waals surface area contributed by atoms with Crippen molar-refractivity contribution in [2.24, 2.45) is 0 Å². The molecule has 5 heteroatoms. The van der Waals surface area contributed by atoms with E-state index in [-0.39, 0.29) is 5.82 Å². The standard InChI is InChI=1S/C11H9N3O2/c12-9-3-1-2-7(4-9)8-5-13-10(11(15)16)14-6-8/h1-6H,12H2,(H,15,16). The van der Waals surface area contributed by atoms with Gasteiger partial charge in [-0.05, 0) is 17.7 Å². The van der Waals surface area contributed by atoms with Crippen molar-refractivity contribution in [3.63, 3.8) is 0 Å². The number of carboxylic acids is 1. The Kier molecular flexibility index (Phi) is 2.51. The van der Waals surface area contributed by atoms with Crippen LogP contribution in [0.2, 0.25) is 0 Å². The molecular formula is C11H9N3O2. The minimum absolute atomic E-state index is 0.215. The van der Waals surface area contributed by atoms with Crippen molar-refractivity contribution in [3.8, 4) is 11.1 Å². The highest BCUT2D eigenvalue weighted by Crippen LogP contribution is 2.19. The second-order valence-electron chi connectivity index (χ2n) is 3.23. The van der Waals surface area contributed by atoms with Gasteiger partial charge in [0.25, 0.3) is 0 Å². The Morgan fingerprint density at radius 1 is 1.19 bits per heavy atom. The largest absolute Gasteiger partial charge is 0.475 e. The maximum atomic E-state index is 10.6.